The lowest BCUT2D eigenvalue weighted by molar-refractivity contribution is 0.0947. The predicted molar refractivity (Wildman–Crippen MR) is 74.9 cm³/mol. The molecule has 2 aromatic rings. The van der Waals surface area contributed by atoms with Crippen LogP contribution in [0.2, 0.25) is 0 Å². The summed E-state index contributed by atoms with van der Waals surface area (Å²) in [5.74, 6) is -0.0548. The van der Waals surface area contributed by atoms with E-state index < -0.39 is 0 Å². The molecule has 0 fully saturated rings. The van der Waals surface area contributed by atoms with E-state index in [-0.39, 0.29) is 11.9 Å². The molecule has 0 bridgehead atoms. The van der Waals surface area contributed by atoms with Crippen LogP contribution in [0.3, 0.4) is 0 Å². The summed E-state index contributed by atoms with van der Waals surface area (Å²) < 4.78 is 4.33. The lowest BCUT2D eigenvalue weighted by atomic mass is 10.1. The highest BCUT2D eigenvalue weighted by atomic mass is 32.1. The third-order valence-corrected chi connectivity index (χ3v) is 3.29. The van der Waals surface area contributed by atoms with Crippen molar-refractivity contribution in [2.24, 2.45) is 0 Å². The van der Waals surface area contributed by atoms with Crippen LogP contribution in [0.25, 0.3) is 11.3 Å². The molecule has 1 aromatic carbocycles. The van der Waals surface area contributed by atoms with E-state index in [0.717, 1.165) is 11.3 Å². The van der Waals surface area contributed by atoms with Crippen LogP contribution >= 0.6 is 11.5 Å². The Morgan fingerprint density at radius 3 is 2.56 bits per heavy atom. The van der Waals surface area contributed by atoms with Gasteiger partial charge in [0, 0.05) is 11.6 Å². The van der Waals surface area contributed by atoms with Crippen LogP contribution in [0.1, 0.15) is 29.1 Å². The fraction of sp³-hybridized carbons (Fsp3) is 0.286. The maximum absolute atomic E-state index is 11.8. The Balaban J connectivity index is 2.20. The number of rotatable bonds is 3. The first-order valence-corrected chi connectivity index (χ1v) is 6.68. The SMILES string of the molecule is Cc1ccc(-c2cc(C(=O)NC(C)C)sn2)cc1. The molecular weight excluding hydrogens is 244 g/mol. The van der Waals surface area contributed by atoms with E-state index in [9.17, 15) is 4.79 Å². The van der Waals surface area contributed by atoms with Crippen molar-refractivity contribution in [1.29, 1.82) is 0 Å². The Kier molecular flexibility index (Phi) is 3.77. The molecule has 2 rings (SSSR count). The molecule has 1 heterocycles. The Morgan fingerprint density at radius 2 is 1.94 bits per heavy atom. The Labute approximate surface area is 111 Å². The van der Waals surface area contributed by atoms with Crippen molar-refractivity contribution < 1.29 is 4.79 Å². The third kappa shape index (κ3) is 2.96. The Bertz CT molecular complexity index is 543. The molecule has 0 saturated carbocycles. The highest BCUT2D eigenvalue weighted by Crippen LogP contribution is 2.22. The average Bonchev–Trinajstić information content (AvgIpc) is 2.78. The molecule has 94 valence electrons. The summed E-state index contributed by atoms with van der Waals surface area (Å²) in [5.41, 5.74) is 3.11. The summed E-state index contributed by atoms with van der Waals surface area (Å²) in [6, 6.07) is 10.1. The molecule has 1 aromatic heterocycles. The van der Waals surface area contributed by atoms with Crippen molar-refractivity contribution in [1.82, 2.24) is 9.69 Å². The smallest absolute Gasteiger partial charge is 0.263 e. The van der Waals surface area contributed by atoms with Crippen LogP contribution in [-0.2, 0) is 0 Å². The van der Waals surface area contributed by atoms with Gasteiger partial charge in [0.1, 0.15) is 4.88 Å². The van der Waals surface area contributed by atoms with Gasteiger partial charge in [-0.2, -0.15) is 4.37 Å². The number of carbonyl (C=O) groups excluding carboxylic acids is 1. The van der Waals surface area contributed by atoms with Crippen LogP contribution in [-0.4, -0.2) is 16.3 Å². The van der Waals surface area contributed by atoms with Crippen LogP contribution in [0.4, 0.5) is 0 Å². The Morgan fingerprint density at radius 1 is 1.28 bits per heavy atom. The molecule has 0 radical (unpaired) electrons. The quantitative estimate of drug-likeness (QED) is 0.920. The monoisotopic (exact) mass is 260 g/mol. The molecule has 0 unspecified atom stereocenters. The minimum atomic E-state index is -0.0548. The molecule has 18 heavy (non-hydrogen) atoms. The summed E-state index contributed by atoms with van der Waals surface area (Å²) in [6.45, 7) is 5.94. The molecule has 0 aliphatic rings. The van der Waals surface area contributed by atoms with Gasteiger partial charge in [0.15, 0.2) is 0 Å². The van der Waals surface area contributed by atoms with E-state index in [1.54, 1.807) is 0 Å². The number of nitrogens with zero attached hydrogens (tertiary/aromatic N) is 1. The predicted octanol–water partition coefficient (Wildman–Crippen LogP) is 3.26. The molecule has 1 N–H and O–H groups in total. The second-order valence-electron chi connectivity index (χ2n) is 4.57. The van der Waals surface area contributed by atoms with Gasteiger partial charge in [0.2, 0.25) is 0 Å². The van der Waals surface area contributed by atoms with Crippen LogP contribution in [0.15, 0.2) is 30.3 Å². The number of aryl methyl sites for hydroxylation is 1. The number of hydrogen-bond donors (Lipinski definition) is 1. The first kappa shape index (κ1) is 12.8. The van der Waals surface area contributed by atoms with Crippen molar-refractivity contribution in [2.45, 2.75) is 26.8 Å². The van der Waals surface area contributed by atoms with Gasteiger partial charge in [-0.15, -0.1) is 0 Å². The fourth-order valence-electron chi connectivity index (χ4n) is 1.58. The standard InChI is InChI=1S/C14H16N2OS/c1-9(2)15-14(17)13-8-12(16-18-13)11-6-4-10(3)5-7-11/h4-9H,1-3H3,(H,15,17). The van der Waals surface area contributed by atoms with E-state index in [4.69, 9.17) is 0 Å². The van der Waals surface area contributed by atoms with Gasteiger partial charge < -0.3 is 5.32 Å². The fourth-order valence-corrected chi connectivity index (χ4v) is 2.24. The molecule has 0 aliphatic heterocycles. The maximum atomic E-state index is 11.8. The summed E-state index contributed by atoms with van der Waals surface area (Å²) in [5, 5.41) is 2.86. The lowest BCUT2D eigenvalue weighted by Crippen LogP contribution is -2.29. The van der Waals surface area contributed by atoms with Crippen molar-refractivity contribution in [3.63, 3.8) is 0 Å². The molecule has 1 amide bonds. The normalized spacial score (nSPS) is 10.7. The van der Waals surface area contributed by atoms with Crippen LogP contribution in [0.5, 0.6) is 0 Å². The van der Waals surface area contributed by atoms with Crippen LogP contribution < -0.4 is 5.32 Å². The number of hydrogen-bond acceptors (Lipinski definition) is 3. The van der Waals surface area contributed by atoms with Crippen molar-refractivity contribution in [3.8, 4) is 11.3 Å². The van der Waals surface area contributed by atoms with Crippen molar-refractivity contribution >= 4 is 17.4 Å². The topological polar surface area (TPSA) is 42.0 Å². The maximum Gasteiger partial charge on any atom is 0.263 e. The van der Waals surface area contributed by atoms with Gasteiger partial charge in [-0.3, -0.25) is 4.79 Å². The van der Waals surface area contributed by atoms with Gasteiger partial charge in [0.25, 0.3) is 5.91 Å². The van der Waals surface area contributed by atoms with E-state index >= 15 is 0 Å². The lowest BCUT2D eigenvalue weighted by Gasteiger charge is -2.05. The van der Waals surface area contributed by atoms with E-state index in [2.05, 4.69) is 9.69 Å². The number of amides is 1. The van der Waals surface area contributed by atoms with Crippen molar-refractivity contribution in [2.75, 3.05) is 0 Å². The highest BCUT2D eigenvalue weighted by Gasteiger charge is 2.12. The van der Waals surface area contributed by atoms with E-state index in [0.29, 0.717) is 4.88 Å². The van der Waals surface area contributed by atoms with E-state index in [1.807, 2.05) is 51.1 Å². The molecule has 0 atom stereocenters. The molecule has 0 spiro atoms. The highest BCUT2D eigenvalue weighted by molar-refractivity contribution is 7.08. The van der Waals surface area contributed by atoms with Gasteiger partial charge in [-0.25, -0.2) is 0 Å². The number of nitrogens with one attached hydrogen (secondary N) is 1. The first-order chi connectivity index (χ1) is 8.56. The van der Waals surface area contributed by atoms with Crippen LogP contribution in [0, 0.1) is 6.92 Å². The number of benzene rings is 1. The van der Waals surface area contributed by atoms with Gasteiger partial charge in [-0.05, 0) is 38.4 Å². The Hall–Kier alpha value is -1.68. The summed E-state index contributed by atoms with van der Waals surface area (Å²) in [7, 11) is 0. The van der Waals surface area contributed by atoms with E-state index in [1.165, 1.54) is 17.1 Å². The zero-order chi connectivity index (χ0) is 13.1. The number of aromatic nitrogens is 1. The first-order valence-electron chi connectivity index (χ1n) is 5.91. The average molecular weight is 260 g/mol. The minimum absolute atomic E-state index is 0.0548. The van der Waals surface area contributed by atoms with Gasteiger partial charge in [-0.1, -0.05) is 29.8 Å². The molecular formula is C14H16N2OS. The van der Waals surface area contributed by atoms with Crippen molar-refractivity contribution in [3.05, 3.63) is 40.8 Å². The van der Waals surface area contributed by atoms with Gasteiger partial charge in [0.05, 0.1) is 5.69 Å². The summed E-state index contributed by atoms with van der Waals surface area (Å²) in [4.78, 5) is 12.5. The minimum Gasteiger partial charge on any atom is -0.349 e. The second-order valence-corrected chi connectivity index (χ2v) is 5.38. The summed E-state index contributed by atoms with van der Waals surface area (Å²) in [6.07, 6.45) is 0. The number of carbonyl (C=O) groups is 1. The zero-order valence-electron chi connectivity index (χ0n) is 10.7. The summed E-state index contributed by atoms with van der Waals surface area (Å²) >= 11 is 1.24. The molecule has 0 aliphatic carbocycles. The second kappa shape index (κ2) is 5.31. The third-order valence-electron chi connectivity index (χ3n) is 2.50. The molecule has 3 nitrogen and oxygen atoms in total. The van der Waals surface area contributed by atoms with Gasteiger partial charge >= 0.3 is 0 Å². The molecule has 0 saturated heterocycles. The largest absolute Gasteiger partial charge is 0.349 e. The molecule has 4 heteroatoms. The zero-order valence-corrected chi connectivity index (χ0v) is 11.5.